The second kappa shape index (κ2) is 8.44. The van der Waals surface area contributed by atoms with Crippen LogP contribution in [-0.4, -0.2) is 5.38 Å². The van der Waals surface area contributed by atoms with Crippen molar-refractivity contribution >= 4 is 11.6 Å². The molecule has 90 valence electrons. The van der Waals surface area contributed by atoms with Gasteiger partial charge in [0.05, 0.1) is 0 Å². The molecule has 0 N–H and O–H groups in total. The van der Waals surface area contributed by atoms with Crippen LogP contribution in [0.5, 0.6) is 0 Å². The van der Waals surface area contributed by atoms with Gasteiger partial charge in [0.2, 0.25) is 0 Å². The van der Waals surface area contributed by atoms with Gasteiger partial charge >= 0.3 is 0 Å². The van der Waals surface area contributed by atoms with Gasteiger partial charge in [-0.15, -0.1) is 11.6 Å². The van der Waals surface area contributed by atoms with E-state index >= 15 is 0 Å². The number of hydrogen-bond acceptors (Lipinski definition) is 0. The van der Waals surface area contributed by atoms with Gasteiger partial charge in [0.1, 0.15) is 0 Å². The van der Waals surface area contributed by atoms with Crippen LogP contribution in [0, 0.1) is 5.92 Å². The van der Waals surface area contributed by atoms with E-state index in [-0.39, 0.29) is 0 Å². The van der Waals surface area contributed by atoms with Crippen LogP contribution >= 0.6 is 11.6 Å². The summed E-state index contributed by atoms with van der Waals surface area (Å²) in [6, 6.07) is 0. The number of unbranched alkanes of at least 4 members (excludes halogenated alkanes) is 1. The molecule has 1 unspecified atom stereocenters. The topological polar surface area (TPSA) is 0 Å². The summed E-state index contributed by atoms with van der Waals surface area (Å²) in [6.45, 7) is 2.22. The first-order valence-corrected chi connectivity index (χ1v) is 7.40. The van der Waals surface area contributed by atoms with Crippen molar-refractivity contribution in [3.8, 4) is 0 Å². The first-order chi connectivity index (χ1) is 7.33. The highest BCUT2D eigenvalue weighted by Crippen LogP contribution is 2.28. The highest BCUT2D eigenvalue weighted by molar-refractivity contribution is 6.20. The summed E-state index contributed by atoms with van der Waals surface area (Å²) in [4.78, 5) is 0. The normalized spacial score (nSPS) is 20.4. The van der Waals surface area contributed by atoms with Gasteiger partial charge in [-0.1, -0.05) is 64.7 Å². The Morgan fingerprint density at radius 2 is 1.80 bits per heavy atom. The lowest BCUT2D eigenvalue weighted by atomic mass is 9.85. The van der Waals surface area contributed by atoms with Crippen LogP contribution in [0.2, 0.25) is 0 Å². The summed E-state index contributed by atoms with van der Waals surface area (Å²) in [5.74, 6) is 1.05. The molecule has 0 aromatic carbocycles. The number of hydrogen-bond donors (Lipinski definition) is 0. The Labute approximate surface area is 101 Å². The van der Waals surface area contributed by atoms with E-state index < -0.39 is 0 Å². The van der Waals surface area contributed by atoms with E-state index in [1.807, 2.05) is 0 Å². The zero-order valence-corrected chi connectivity index (χ0v) is 11.1. The number of rotatable bonds is 7. The quantitative estimate of drug-likeness (QED) is 0.398. The van der Waals surface area contributed by atoms with Crippen molar-refractivity contribution in [2.45, 2.75) is 82.9 Å². The molecule has 0 bridgehead atoms. The van der Waals surface area contributed by atoms with Crippen molar-refractivity contribution < 1.29 is 0 Å². The Balaban J connectivity index is 1.91. The summed E-state index contributed by atoms with van der Waals surface area (Å²) in [5.41, 5.74) is 0. The van der Waals surface area contributed by atoms with Gasteiger partial charge in [0.15, 0.2) is 0 Å². The molecule has 0 heterocycles. The third-order valence-corrected chi connectivity index (χ3v) is 4.14. The molecule has 15 heavy (non-hydrogen) atoms. The lowest BCUT2D eigenvalue weighted by molar-refractivity contribution is 0.328. The standard InChI is InChI=1S/C14H27Cl/c1-2-8-14(15)12-7-6-11-13-9-4-3-5-10-13/h13-14H,2-12H2,1H3. The van der Waals surface area contributed by atoms with Gasteiger partial charge in [-0.3, -0.25) is 0 Å². The van der Waals surface area contributed by atoms with Crippen molar-refractivity contribution in [1.82, 2.24) is 0 Å². The largest absolute Gasteiger partial charge is 0.123 e. The Hall–Kier alpha value is 0.290. The molecule has 1 rings (SSSR count). The van der Waals surface area contributed by atoms with E-state index in [9.17, 15) is 0 Å². The fourth-order valence-corrected chi connectivity index (χ4v) is 3.10. The zero-order chi connectivity index (χ0) is 10.9. The molecule has 0 aliphatic heterocycles. The first-order valence-electron chi connectivity index (χ1n) is 6.97. The van der Waals surface area contributed by atoms with Crippen LogP contribution in [0.4, 0.5) is 0 Å². The maximum atomic E-state index is 6.20. The predicted octanol–water partition coefficient (Wildman–Crippen LogP) is 5.53. The van der Waals surface area contributed by atoms with E-state index in [4.69, 9.17) is 11.6 Å². The van der Waals surface area contributed by atoms with Crippen molar-refractivity contribution in [3.63, 3.8) is 0 Å². The van der Waals surface area contributed by atoms with Crippen LogP contribution in [0.15, 0.2) is 0 Å². The SMILES string of the molecule is CCCC(Cl)CCCCC1CCCCC1. The van der Waals surface area contributed by atoms with Crippen molar-refractivity contribution in [2.75, 3.05) is 0 Å². The summed E-state index contributed by atoms with van der Waals surface area (Å²) in [7, 11) is 0. The third-order valence-electron chi connectivity index (χ3n) is 3.71. The van der Waals surface area contributed by atoms with E-state index in [0.29, 0.717) is 5.38 Å². The van der Waals surface area contributed by atoms with Gasteiger partial charge in [-0.25, -0.2) is 0 Å². The van der Waals surface area contributed by atoms with Crippen LogP contribution in [0.25, 0.3) is 0 Å². The second-order valence-corrected chi connectivity index (χ2v) is 5.79. The van der Waals surface area contributed by atoms with Gasteiger partial charge in [-0.05, 0) is 18.8 Å². The third kappa shape index (κ3) is 6.45. The first kappa shape index (κ1) is 13.4. The van der Waals surface area contributed by atoms with E-state index in [2.05, 4.69) is 6.92 Å². The molecule has 1 aliphatic rings. The summed E-state index contributed by atoms with van der Waals surface area (Å²) in [6.07, 6.45) is 15.4. The molecule has 0 aromatic rings. The molecule has 0 radical (unpaired) electrons. The van der Waals surface area contributed by atoms with Crippen molar-refractivity contribution in [1.29, 1.82) is 0 Å². The molecule has 1 aliphatic carbocycles. The van der Waals surface area contributed by atoms with Gasteiger partial charge in [-0.2, -0.15) is 0 Å². The lowest BCUT2D eigenvalue weighted by Crippen LogP contribution is -2.06. The average Bonchev–Trinajstić information content (AvgIpc) is 2.26. The van der Waals surface area contributed by atoms with Crippen LogP contribution in [0.3, 0.4) is 0 Å². The summed E-state index contributed by atoms with van der Waals surface area (Å²) >= 11 is 6.20. The summed E-state index contributed by atoms with van der Waals surface area (Å²) < 4.78 is 0. The Bertz CT molecular complexity index is 138. The predicted molar refractivity (Wildman–Crippen MR) is 69.6 cm³/mol. The molecule has 0 spiro atoms. The monoisotopic (exact) mass is 230 g/mol. The molecular formula is C14H27Cl. The Morgan fingerprint density at radius 3 is 2.47 bits per heavy atom. The molecule has 0 aromatic heterocycles. The highest BCUT2D eigenvalue weighted by atomic mass is 35.5. The van der Waals surface area contributed by atoms with E-state index in [1.165, 1.54) is 70.6 Å². The minimum absolute atomic E-state index is 0.446. The average molecular weight is 231 g/mol. The van der Waals surface area contributed by atoms with Gasteiger partial charge < -0.3 is 0 Å². The van der Waals surface area contributed by atoms with Crippen LogP contribution in [0.1, 0.15) is 77.6 Å². The Morgan fingerprint density at radius 1 is 1.07 bits per heavy atom. The number of halogens is 1. The molecule has 1 heteroatoms. The van der Waals surface area contributed by atoms with E-state index in [0.717, 1.165) is 5.92 Å². The van der Waals surface area contributed by atoms with Gasteiger partial charge in [0.25, 0.3) is 0 Å². The molecule has 0 nitrogen and oxygen atoms in total. The zero-order valence-electron chi connectivity index (χ0n) is 10.3. The maximum Gasteiger partial charge on any atom is 0.0336 e. The minimum Gasteiger partial charge on any atom is -0.123 e. The smallest absolute Gasteiger partial charge is 0.0336 e. The minimum atomic E-state index is 0.446. The fraction of sp³-hybridized carbons (Fsp3) is 1.00. The van der Waals surface area contributed by atoms with Gasteiger partial charge in [0, 0.05) is 5.38 Å². The molecule has 0 saturated heterocycles. The lowest BCUT2D eigenvalue weighted by Gasteiger charge is -2.21. The molecule has 1 atom stereocenters. The molecule has 1 saturated carbocycles. The van der Waals surface area contributed by atoms with Crippen molar-refractivity contribution in [2.24, 2.45) is 5.92 Å². The number of alkyl halides is 1. The Kier molecular flexibility index (Phi) is 7.52. The summed E-state index contributed by atoms with van der Waals surface area (Å²) in [5, 5.41) is 0.446. The fourth-order valence-electron chi connectivity index (χ4n) is 2.73. The van der Waals surface area contributed by atoms with Crippen molar-refractivity contribution in [3.05, 3.63) is 0 Å². The molecule has 0 amide bonds. The molecule has 1 fully saturated rings. The highest BCUT2D eigenvalue weighted by Gasteiger charge is 2.12. The molecular weight excluding hydrogens is 204 g/mol. The maximum absolute atomic E-state index is 6.20. The van der Waals surface area contributed by atoms with E-state index in [1.54, 1.807) is 0 Å². The van der Waals surface area contributed by atoms with Crippen LogP contribution < -0.4 is 0 Å². The van der Waals surface area contributed by atoms with Crippen LogP contribution in [-0.2, 0) is 0 Å². The second-order valence-electron chi connectivity index (χ2n) is 5.17.